The lowest BCUT2D eigenvalue weighted by atomic mass is 10.2. The van der Waals surface area contributed by atoms with Crippen molar-refractivity contribution < 1.29 is 4.79 Å². The monoisotopic (exact) mass is 291 g/mol. The van der Waals surface area contributed by atoms with E-state index < -0.39 is 0 Å². The molecule has 2 rings (SSSR count). The molecular weight excluding hydrogens is 274 g/mol. The quantitative estimate of drug-likeness (QED) is 0.915. The highest BCUT2D eigenvalue weighted by Gasteiger charge is 2.10. The van der Waals surface area contributed by atoms with Crippen LogP contribution in [0.2, 0.25) is 0 Å². The van der Waals surface area contributed by atoms with Crippen molar-refractivity contribution in [3.63, 3.8) is 0 Å². The van der Waals surface area contributed by atoms with E-state index in [1.807, 2.05) is 31.4 Å². The number of carbonyl (C=O) groups is 1. The van der Waals surface area contributed by atoms with Crippen LogP contribution in [-0.4, -0.2) is 21.7 Å². The molecule has 0 aliphatic rings. The summed E-state index contributed by atoms with van der Waals surface area (Å²) in [6.07, 6.45) is 0.850. The summed E-state index contributed by atoms with van der Waals surface area (Å²) in [5.41, 5.74) is 0.431. The standard InChI is InChI=1S/C14H17N3O2S/c1-3-10(2)15-13(18)9-17-14(19)7-6-11(16-17)12-5-4-8-20-12/h4-8,10H,3,9H2,1-2H3,(H,15,18). The number of carbonyl (C=O) groups excluding carboxylic acids is 1. The number of nitrogens with zero attached hydrogens (tertiary/aromatic N) is 2. The molecule has 2 aromatic heterocycles. The van der Waals surface area contributed by atoms with Crippen LogP contribution in [0, 0.1) is 0 Å². The minimum absolute atomic E-state index is 0.0532. The van der Waals surface area contributed by atoms with Crippen LogP contribution < -0.4 is 10.9 Å². The molecule has 1 amide bonds. The van der Waals surface area contributed by atoms with Gasteiger partial charge in [-0.15, -0.1) is 11.3 Å². The molecule has 2 heterocycles. The van der Waals surface area contributed by atoms with Crippen molar-refractivity contribution in [2.24, 2.45) is 0 Å². The number of rotatable bonds is 5. The third-order valence-electron chi connectivity index (χ3n) is 2.95. The first-order valence-corrected chi connectivity index (χ1v) is 7.39. The Hall–Kier alpha value is -1.95. The molecule has 0 aromatic carbocycles. The van der Waals surface area contributed by atoms with Crippen molar-refractivity contribution in [2.45, 2.75) is 32.9 Å². The highest BCUT2D eigenvalue weighted by molar-refractivity contribution is 7.13. The molecule has 1 N–H and O–H groups in total. The van der Waals surface area contributed by atoms with Gasteiger partial charge in [0.2, 0.25) is 5.91 Å². The molecule has 2 aromatic rings. The minimum Gasteiger partial charge on any atom is -0.352 e. The van der Waals surface area contributed by atoms with Crippen LogP contribution in [-0.2, 0) is 11.3 Å². The van der Waals surface area contributed by atoms with Gasteiger partial charge in [-0.25, -0.2) is 4.68 Å². The van der Waals surface area contributed by atoms with Gasteiger partial charge in [0, 0.05) is 12.1 Å². The van der Waals surface area contributed by atoms with Gasteiger partial charge >= 0.3 is 0 Å². The van der Waals surface area contributed by atoms with Gasteiger partial charge in [-0.05, 0) is 30.9 Å². The molecule has 0 spiro atoms. The van der Waals surface area contributed by atoms with Crippen molar-refractivity contribution in [1.29, 1.82) is 0 Å². The summed E-state index contributed by atoms with van der Waals surface area (Å²) in [7, 11) is 0. The van der Waals surface area contributed by atoms with Crippen molar-refractivity contribution in [1.82, 2.24) is 15.1 Å². The fraction of sp³-hybridized carbons (Fsp3) is 0.357. The van der Waals surface area contributed by atoms with Crippen molar-refractivity contribution in [3.8, 4) is 10.6 Å². The number of aromatic nitrogens is 2. The third-order valence-corrected chi connectivity index (χ3v) is 3.85. The predicted molar refractivity (Wildman–Crippen MR) is 79.7 cm³/mol. The molecule has 106 valence electrons. The second-order valence-electron chi connectivity index (χ2n) is 4.57. The maximum absolute atomic E-state index is 11.8. The molecule has 0 aliphatic carbocycles. The summed E-state index contributed by atoms with van der Waals surface area (Å²) < 4.78 is 1.20. The van der Waals surface area contributed by atoms with E-state index in [1.165, 1.54) is 10.7 Å². The lowest BCUT2D eigenvalue weighted by Gasteiger charge is -2.12. The number of nitrogens with one attached hydrogen (secondary N) is 1. The van der Waals surface area contributed by atoms with E-state index in [0.717, 1.165) is 11.3 Å². The Morgan fingerprint density at radius 1 is 1.45 bits per heavy atom. The van der Waals surface area contributed by atoms with Gasteiger partial charge in [0.05, 0.1) is 4.88 Å². The Labute approximate surface area is 121 Å². The van der Waals surface area contributed by atoms with Crippen LogP contribution in [0.3, 0.4) is 0 Å². The van der Waals surface area contributed by atoms with Gasteiger partial charge in [0.25, 0.3) is 5.56 Å². The minimum atomic E-state index is -0.274. The summed E-state index contributed by atoms with van der Waals surface area (Å²) in [5.74, 6) is -0.197. The zero-order chi connectivity index (χ0) is 14.5. The first kappa shape index (κ1) is 14.5. The Balaban J connectivity index is 2.17. The molecule has 1 atom stereocenters. The van der Waals surface area contributed by atoms with Crippen LogP contribution in [0.4, 0.5) is 0 Å². The SMILES string of the molecule is CCC(C)NC(=O)Cn1nc(-c2cccs2)ccc1=O. The predicted octanol–water partition coefficient (Wildman–Crippen LogP) is 1.89. The first-order valence-electron chi connectivity index (χ1n) is 6.51. The zero-order valence-electron chi connectivity index (χ0n) is 11.5. The normalized spacial score (nSPS) is 12.1. The molecule has 0 bridgehead atoms. The average Bonchev–Trinajstić information content (AvgIpc) is 2.95. The maximum Gasteiger partial charge on any atom is 0.267 e. The van der Waals surface area contributed by atoms with E-state index >= 15 is 0 Å². The van der Waals surface area contributed by atoms with E-state index in [0.29, 0.717) is 5.69 Å². The van der Waals surface area contributed by atoms with E-state index in [1.54, 1.807) is 17.4 Å². The molecule has 20 heavy (non-hydrogen) atoms. The van der Waals surface area contributed by atoms with Crippen LogP contribution in [0.25, 0.3) is 10.6 Å². The molecule has 0 saturated heterocycles. The van der Waals surface area contributed by atoms with Crippen molar-refractivity contribution in [3.05, 3.63) is 40.0 Å². The fourth-order valence-electron chi connectivity index (χ4n) is 1.68. The smallest absolute Gasteiger partial charge is 0.267 e. The van der Waals surface area contributed by atoms with Crippen LogP contribution in [0.1, 0.15) is 20.3 Å². The molecular formula is C14H17N3O2S. The second kappa shape index (κ2) is 6.47. The number of hydrogen-bond donors (Lipinski definition) is 1. The second-order valence-corrected chi connectivity index (χ2v) is 5.52. The number of hydrogen-bond acceptors (Lipinski definition) is 4. The first-order chi connectivity index (χ1) is 9.60. The van der Waals surface area contributed by atoms with Crippen LogP contribution in [0.5, 0.6) is 0 Å². The lowest BCUT2D eigenvalue weighted by Crippen LogP contribution is -2.37. The van der Waals surface area contributed by atoms with E-state index in [9.17, 15) is 9.59 Å². The van der Waals surface area contributed by atoms with Crippen LogP contribution >= 0.6 is 11.3 Å². The molecule has 1 unspecified atom stereocenters. The van der Waals surface area contributed by atoms with Gasteiger partial charge in [0.1, 0.15) is 12.2 Å². The molecule has 5 nitrogen and oxygen atoms in total. The summed E-state index contributed by atoms with van der Waals surface area (Å²) in [5, 5.41) is 9.01. The van der Waals surface area contributed by atoms with E-state index in [2.05, 4.69) is 10.4 Å². The van der Waals surface area contributed by atoms with Gasteiger partial charge in [-0.3, -0.25) is 9.59 Å². The summed E-state index contributed by atoms with van der Waals surface area (Å²) in [6, 6.07) is 7.07. The third kappa shape index (κ3) is 3.54. The Morgan fingerprint density at radius 3 is 2.90 bits per heavy atom. The highest BCUT2D eigenvalue weighted by atomic mass is 32.1. The Morgan fingerprint density at radius 2 is 2.25 bits per heavy atom. The molecule has 6 heteroatoms. The topological polar surface area (TPSA) is 64.0 Å². The zero-order valence-corrected chi connectivity index (χ0v) is 12.3. The van der Waals surface area contributed by atoms with Gasteiger partial charge < -0.3 is 5.32 Å². The molecule has 0 saturated carbocycles. The highest BCUT2D eigenvalue weighted by Crippen LogP contribution is 2.20. The molecule has 0 aliphatic heterocycles. The van der Waals surface area contributed by atoms with Gasteiger partial charge in [-0.1, -0.05) is 13.0 Å². The summed E-state index contributed by atoms with van der Waals surface area (Å²) in [4.78, 5) is 24.6. The molecule has 0 fully saturated rings. The lowest BCUT2D eigenvalue weighted by molar-refractivity contribution is -0.122. The van der Waals surface area contributed by atoms with Crippen molar-refractivity contribution in [2.75, 3.05) is 0 Å². The van der Waals surface area contributed by atoms with Crippen molar-refractivity contribution >= 4 is 17.2 Å². The Kier molecular flexibility index (Phi) is 4.68. The van der Waals surface area contributed by atoms with Gasteiger partial charge in [-0.2, -0.15) is 5.10 Å². The average molecular weight is 291 g/mol. The summed E-state index contributed by atoms with van der Waals surface area (Å²) in [6.45, 7) is 3.87. The van der Waals surface area contributed by atoms with E-state index in [-0.39, 0.29) is 24.1 Å². The van der Waals surface area contributed by atoms with Gasteiger partial charge in [0.15, 0.2) is 0 Å². The van der Waals surface area contributed by atoms with Crippen LogP contribution in [0.15, 0.2) is 34.4 Å². The maximum atomic E-state index is 11.8. The number of amides is 1. The fourth-order valence-corrected chi connectivity index (χ4v) is 2.37. The number of thiophene rings is 1. The summed E-state index contributed by atoms with van der Waals surface area (Å²) >= 11 is 1.55. The largest absolute Gasteiger partial charge is 0.352 e. The van der Waals surface area contributed by atoms with E-state index in [4.69, 9.17) is 0 Å². The Bertz CT molecular complexity index is 634. The molecule has 0 radical (unpaired) electrons.